The predicted octanol–water partition coefficient (Wildman–Crippen LogP) is -0.227. The van der Waals surface area contributed by atoms with Crippen LogP contribution in [-0.2, 0) is 21.4 Å². The second-order valence-electron chi connectivity index (χ2n) is 4.20. The third kappa shape index (κ3) is 4.02. The molecule has 106 valence electrons. The molecule has 0 aliphatic carbocycles. The van der Waals surface area contributed by atoms with E-state index in [-0.39, 0.29) is 23.9 Å². The van der Waals surface area contributed by atoms with Crippen LogP contribution in [0, 0.1) is 0 Å². The summed E-state index contributed by atoms with van der Waals surface area (Å²) in [5.74, 6) is -0.181. The summed E-state index contributed by atoms with van der Waals surface area (Å²) in [6.07, 6.45) is 0. The highest BCUT2D eigenvalue weighted by Crippen LogP contribution is 2.18. The Bertz CT molecular complexity index is 541. The van der Waals surface area contributed by atoms with E-state index in [4.69, 9.17) is 0 Å². The van der Waals surface area contributed by atoms with Crippen LogP contribution >= 0.6 is 0 Å². The van der Waals surface area contributed by atoms with Gasteiger partial charge in [-0.3, -0.25) is 4.79 Å². The Morgan fingerprint density at radius 2 is 1.89 bits per heavy atom. The number of hydrogen-bond acceptors (Lipinski definition) is 4. The van der Waals surface area contributed by atoms with E-state index in [0.29, 0.717) is 5.56 Å². The molecule has 6 nitrogen and oxygen atoms in total. The summed E-state index contributed by atoms with van der Waals surface area (Å²) in [4.78, 5) is 11.6. The lowest BCUT2D eigenvalue weighted by Crippen LogP contribution is -2.32. The summed E-state index contributed by atoms with van der Waals surface area (Å²) < 4.78 is 25.4. The minimum atomic E-state index is -3.50. The zero-order valence-corrected chi connectivity index (χ0v) is 12.1. The Kier molecular flexibility index (Phi) is 5.46. The van der Waals surface area contributed by atoms with Gasteiger partial charge in [0, 0.05) is 20.6 Å². The lowest BCUT2D eigenvalue weighted by atomic mass is 10.2. The predicted molar refractivity (Wildman–Crippen MR) is 73.1 cm³/mol. The highest BCUT2D eigenvalue weighted by atomic mass is 32.2. The number of amides is 1. The second-order valence-corrected chi connectivity index (χ2v) is 6.32. The van der Waals surface area contributed by atoms with Crippen LogP contribution in [-0.4, -0.2) is 46.3 Å². The van der Waals surface area contributed by atoms with Crippen molar-refractivity contribution in [2.45, 2.75) is 11.4 Å². The molecule has 0 atom stereocenters. The van der Waals surface area contributed by atoms with Crippen LogP contribution in [0.2, 0.25) is 0 Å². The highest BCUT2D eigenvalue weighted by molar-refractivity contribution is 7.89. The quantitative estimate of drug-likeness (QED) is 0.757. The van der Waals surface area contributed by atoms with E-state index >= 15 is 0 Å². The fourth-order valence-electron chi connectivity index (χ4n) is 1.52. The van der Waals surface area contributed by atoms with Crippen LogP contribution in [0.15, 0.2) is 29.2 Å². The van der Waals surface area contributed by atoms with Gasteiger partial charge in [-0.2, -0.15) is 0 Å². The molecule has 0 radical (unpaired) electrons. The highest BCUT2D eigenvalue weighted by Gasteiger charge is 2.20. The van der Waals surface area contributed by atoms with Gasteiger partial charge in [0.05, 0.1) is 11.4 Å². The summed E-state index contributed by atoms with van der Waals surface area (Å²) in [5, 5.41) is 5.40. The number of likely N-dealkylation sites (N-methyl/N-ethyl adjacent to an activating group) is 1. The molecule has 1 amide bonds. The number of rotatable bonds is 6. The van der Waals surface area contributed by atoms with Crippen molar-refractivity contribution in [2.75, 3.05) is 27.7 Å². The van der Waals surface area contributed by atoms with Crippen molar-refractivity contribution in [3.8, 4) is 0 Å². The summed E-state index contributed by atoms with van der Waals surface area (Å²) in [5.41, 5.74) is 0.570. The molecule has 0 saturated heterocycles. The van der Waals surface area contributed by atoms with Crippen molar-refractivity contribution in [1.82, 2.24) is 14.9 Å². The van der Waals surface area contributed by atoms with Gasteiger partial charge in [-0.05, 0) is 18.7 Å². The van der Waals surface area contributed by atoms with E-state index in [1.807, 2.05) is 0 Å². The fourth-order valence-corrected chi connectivity index (χ4v) is 2.63. The lowest BCUT2D eigenvalue weighted by Gasteiger charge is -2.15. The smallest absolute Gasteiger partial charge is 0.242 e. The van der Waals surface area contributed by atoms with Crippen molar-refractivity contribution >= 4 is 15.9 Å². The van der Waals surface area contributed by atoms with Crippen molar-refractivity contribution in [3.63, 3.8) is 0 Å². The largest absolute Gasteiger partial charge is 0.351 e. The van der Waals surface area contributed by atoms with Crippen LogP contribution in [0.25, 0.3) is 0 Å². The Hall–Kier alpha value is -1.44. The standard InChI is InChI=1S/C12H19N3O3S/c1-13-9-12(16)14-8-10-6-4-5-7-11(10)19(17,18)15(2)3/h4-7,13H,8-9H2,1-3H3,(H,14,16). The first kappa shape index (κ1) is 15.6. The zero-order chi connectivity index (χ0) is 14.5. The first-order chi connectivity index (χ1) is 8.89. The van der Waals surface area contributed by atoms with Gasteiger partial charge in [0.1, 0.15) is 0 Å². The summed E-state index contributed by atoms with van der Waals surface area (Å²) in [6.45, 7) is 0.381. The van der Waals surface area contributed by atoms with Crippen molar-refractivity contribution in [2.24, 2.45) is 0 Å². The SMILES string of the molecule is CNCC(=O)NCc1ccccc1S(=O)(=O)N(C)C. The maximum atomic E-state index is 12.1. The third-order valence-electron chi connectivity index (χ3n) is 2.54. The topological polar surface area (TPSA) is 78.5 Å². The molecule has 7 heteroatoms. The van der Waals surface area contributed by atoms with Gasteiger partial charge in [0.2, 0.25) is 15.9 Å². The fraction of sp³-hybridized carbons (Fsp3) is 0.417. The number of carbonyl (C=O) groups excluding carboxylic acids is 1. The van der Waals surface area contributed by atoms with E-state index in [0.717, 1.165) is 4.31 Å². The molecule has 0 saturated carbocycles. The Morgan fingerprint density at radius 3 is 2.47 bits per heavy atom. The van der Waals surface area contributed by atoms with E-state index in [9.17, 15) is 13.2 Å². The monoisotopic (exact) mass is 285 g/mol. The van der Waals surface area contributed by atoms with E-state index < -0.39 is 10.0 Å². The molecule has 0 bridgehead atoms. The Morgan fingerprint density at radius 1 is 1.26 bits per heavy atom. The molecule has 1 aromatic carbocycles. The van der Waals surface area contributed by atoms with Gasteiger partial charge < -0.3 is 10.6 Å². The minimum absolute atomic E-state index is 0.181. The van der Waals surface area contributed by atoms with Crippen molar-refractivity contribution in [3.05, 3.63) is 29.8 Å². The first-order valence-corrected chi connectivity index (χ1v) is 7.25. The van der Waals surface area contributed by atoms with Gasteiger partial charge in [-0.1, -0.05) is 18.2 Å². The summed E-state index contributed by atoms with van der Waals surface area (Å²) in [7, 11) is 1.13. The maximum absolute atomic E-state index is 12.1. The van der Waals surface area contributed by atoms with Crippen LogP contribution in [0.3, 0.4) is 0 Å². The van der Waals surface area contributed by atoms with Crippen molar-refractivity contribution < 1.29 is 13.2 Å². The van der Waals surface area contributed by atoms with E-state index in [2.05, 4.69) is 10.6 Å². The van der Waals surface area contributed by atoms with Crippen molar-refractivity contribution in [1.29, 1.82) is 0 Å². The summed E-state index contributed by atoms with van der Waals surface area (Å²) >= 11 is 0. The second kappa shape index (κ2) is 6.65. The minimum Gasteiger partial charge on any atom is -0.351 e. The Labute approximate surface area is 113 Å². The number of nitrogens with zero attached hydrogens (tertiary/aromatic N) is 1. The number of hydrogen-bond donors (Lipinski definition) is 2. The first-order valence-electron chi connectivity index (χ1n) is 5.81. The molecule has 0 spiro atoms. The molecule has 2 N–H and O–H groups in total. The average Bonchev–Trinajstić information content (AvgIpc) is 2.37. The molecule has 0 aliphatic heterocycles. The molecule has 0 unspecified atom stereocenters. The molecule has 1 rings (SSSR count). The normalized spacial score (nSPS) is 11.6. The average molecular weight is 285 g/mol. The molecular weight excluding hydrogens is 266 g/mol. The van der Waals surface area contributed by atoms with Crippen LogP contribution in [0.1, 0.15) is 5.56 Å². The maximum Gasteiger partial charge on any atom is 0.242 e. The van der Waals surface area contributed by atoms with Crippen LogP contribution < -0.4 is 10.6 Å². The lowest BCUT2D eigenvalue weighted by molar-refractivity contribution is -0.120. The zero-order valence-electron chi connectivity index (χ0n) is 11.3. The number of sulfonamides is 1. The number of benzene rings is 1. The molecule has 1 aromatic rings. The van der Waals surface area contributed by atoms with Crippen LogP contribution in [0.4, 0.5) is 0 Å². The number of nitrogens with one attached hydrogen (secondary N) is 2. The molecule has 19 heavy (non-hydrogen) atoms. The molecular formula is C12H19N3O3S. The van der Waals surface area contributed by atoms with Crippen LogP contribution in [0.5, 0.6) is 0 Å². The molecule has 0 fully saturated rings. The molecule has 0 aromatic heterocycles. The van der Waals surface area contributed by atoms with E-state index in [1.54, 1.807) is 25.2 Å². The van der Waals surface area contributed by atoms with Gasteiger partial charge in [-0.25, -0.2) is 12.7 Å². The van der Waals surface area contributed by atoms with Gasteiger partial charge >= 0.3 is 0 Å². The molecule has 0 heterocycles. The number of carbonyl (C=O) groups is 1. The molecule has 0 aliphatic rings. The summed E-state index contributed by atoms with van der Waals surface area (Å²) in [6, 6.07) is 6.63. The van der Waals surface area contributed by atoms with Gasteiger partial charge in [-0.15, -0.1) is 0 Å². The van der Waals surface area contributed by atoms with Gasteiger partial charge in [0.25, 0.3) is 0 Å². The van der Waals surface area contributed by atoms with Gasteiger partial charge in [0.15, 0.2) is 0 Å². The third-order valence-corrected chi connectivity index (χ3v) is 4.46. The van der Waals surface area contributed by atoms with E-state index in [1.165, 1.54) is 20.2 Å². The Balaban J connectivity index is 2.95.